The average molecular weight is 392 g/mol. The van der Waals surface area contributed by atoms with Crippen molar-refractivity contribution in [1.29, 1.82) is 0 Å². The van der Waals surface area contributed by atoms with E-state index in [-0.39, 0.29) is 11.5 Å². The fourth-order valence-electron chi connectivity index (χ4n) is 1.93. The van der Waals surface area contributed by atoms with Crippen molar-refractivity contribution in [3.63, 3.8) is 0 Å². The van der Waals surface area contributed by atoms with Crippen molar-refractivity contribution in [2.45, 2.75) is 0 Å². The lowest BCUT2D eigenvalue weighted by Crippen LogP contribution is -2.42. The fraction of sp³-hybridized carbons (Fsp3) is 0. The second kappa shape index (κ2) is 6.67. The third-order valence-corrected chi connectivity index (χ3v) is 3.55. The highest BCUT2D eigenvalue weighted by atomic mass is 79.9. The summed E-state index contributed by atoms with van der Waals surface area (Å²) < 4.78 is 15.1. The minimum Gasteiger partial charge on any atom is -0.356 e. The maximum atomic E-state index is 12.9. The molecule has 0 atom stereocenters. The number of nitrogens with zero attached hydrogens (tertiary/aromatic N) is 2. The number of carbonyl (C=O) groups excluding carboxylic acids is 2. The molecule has 1 aromatic carbocycles. The number of aromatic nitrogens is 3. The van der Waals surface area contributed by atoms with Crippen molar-refractivity contribution in [2.24, 2.45) is 0 Å². The van der Waals surface area contributed by atoms with Crippen LogP contribution < -0.4 is 10.9 Å². The van der Waals surface area contributed by atoms with Crippen LogP contribution in [0.5, 0.6) is 0 Å². The lowest BCUT2D eigenvalue weighted by atomic mass is 10.3. The molecule has 0 saturated carbocycles. The molecule has 0 aliphatic rings. The Hall–Kier alpha value is -2.94. The number of carbonyl (C=O) groups is 2. The zero-order chi connectivity index (χ0) is 17.1. The van der Waals surface area contributed by atoms with Gasteiger partial charge in [-0.2, -0.15) is 5.10 Å². The summed E-state index contributed by atoms with van der Waals surface area (Å²) in [6.45, 7) is 0. The lowest BCUT2D eigenvalue weighted by molar-refractivity contribution is 0.0841. The molecule has 3 rings (SSSR count). The van der Waals surface area contributed by atoms with Crippen LogP contribution in [0, 0.1) is 5.82 Å². The lowest BCUT2D eigenvalue weighted by Gasteiger charge is -2.04. The number of amides is 2. The molecule has 3 aromatic rings. The topological polar surface area (TPSA) is 91.8 Å². The van der Waals surface area contributed by atoms with E-state index in [4.69, 9.17) is 0 Å². The maximum absolute atomic E-state index is 12.9. The maximum Gasteiger partial charge on any atom is 0.290 e. The summed E-state index contributed by atoms with van der Waals surface area (Å²) in [6, 6.07) is 8.72. The van der Waals surface area contributed by atoms with Crippen molar-refractivity contribution in [3.05, 3.63) is 70.5 Å². The Labute approximate surface area is 144 Å². The minimum absolute atomic E-state index is 0.104. The van der Waals surface area contributed by atoms with Crippen molar-refractivity contribution in [3.8, 4) is 5.69 Å². The van der Waals surface area contributed by atoms with E-state index in [0.717, 1.165) is 4.47 Å². The molecule has 0 aliphatic carbocycles. The summed E-state index contributed by atoms with van der Waals surface area (Å²) in [4.78, 5) is 26.6. The molecule has 0 spiro atoms. The van der Waals surface area contributed by atoms with Crippen LogP contribution in [0.2, 0.25) is 0 Å². The molecule has 2 heterocycles. The summed E-state index contributed by atoms with van der Waals surface area (Å²) in [6.07, 6.45) is 3.16. The van der Waals surface area contributed by atoms with E-state index in [0.29, 0.717) is 11.4 Å². The zero-order valence-corrected chi connectivity index (χ0v) is 13.7. The molecule has 0 radical (unpaired) electrons. The highest BCUT2D eigenvalue weighted by Gasteiger charge is 2.13. The molecular formula is C15H11BrFN5O2. The van der Waals surface area contributed by atoms with Gasteiger partial charge in [0, 0.05) is 16.9 Å². The van der Waals surface area contributed by atoms with E-state index >= 15 is 0 Å². The van der Waals surface area contributed by atoms with Crippen LogP contribution in [-0.4, -0.2) is 26.6 Å². The van der Waals surface area contributed by atoms with E-state index in [1.807, 2.05) is 0 Å². The number of aromatic amines is 1. The summed E-state index contributed by atoms with van der Waals surface area (Å²) in [5, 5.41) is 4.08. The number of benzene rings is 1. The normalized spacial score (nSPS) is 10.4. The second-order valence-corrected chi connectivity index (χ2v) is 5.68. The molecule has 2 aromatic heterocycles. The van der Waals surface area contributed by atoms with Gasteiger partial charge in [-0.15, -0.1) is 0 Å². The first-order valence-electron chi connectivity index (χ1n) is 6.79. The van der Waals surface area contributed by atoms with Gasteiger partial charge < -0.3 is 4.98 Å². The Morgan fingerprint density at radius 3 is 2.50 bits per heavy atom. The molecular weight excluding hydrogens is 381 g/mol. The molecule has 24 heavy (non-hydrogen) atoms. The van der Waals surface area contributed by atoms with E-state index in [1.165, 1.54) is 35.0 Å². The molecule has 0 aliphatic heterocycles. The van der Waals surface area contributed by atoms with Crippen molar-refractivity contribution in [1.82, 2.24) is 25.6 Å². The van der Waals surface area contributed by atoms with Gasteiger partial charge >= 0.3 is 0 Å². The number of rotatable bonds is 3. The van der Waals surface area contributed by atoms with Crippen LogP contribution in [0.15, 0.2) is 53.3 Å². The van der Waals surface area contributed by atoms with Gasteiger partial charge in [0.15, 0.2) is 5.69 Å². The van der Waals surface area contributed by atoms with Crippen LogP contribution >= 0.6 is 15.9 Å². The number of halogens is 2. The van der Waals surface area contributed by atoms with Gasteiger partial charge in [-0.3, -0.25) is 20.4 Å². The molecule has 0 bridgehead atoms. The fourth-order valence-corrected chi connectivity index (χ4v) is 2.27. The Bertz CT molecular complexity index is 887. The predicted octanol–water partition coefficient (Wildman–Crippen LogP) is 2.18. The first-order chi connectivity index (χ1) is 11.5. The van der Waals surface area contributed by atoms with Crippen molar-refractivity contribution < 1.29 is 14.0 Å². The molecule has 2 amide bonds. The van der Waals surface area contributed by atoms with Crippen LogP contribution in [0.1, 0.15) is 21.0 Å². The summed E-state index contributed by atoms with van der Waals surface area (Å²) >= 11 is 3.21. The Morgan fingerprint density at radius 2 is 1.83 bits per heavy atom. The smallest absolute Gasteiger partial charge is 0.290 e. The van der Waals surface area contributed by atoms with Gasteiger partial charge in [0.2, 0.25) is 0 Å². The number of hydrogen-bond donors (Lipinski definition) is 3. The van der Waals surface area contributed by atoms with Crippen LogP contribution in [0.25, 0.3) is 5.69 Å². The van der Waals surface area contributed by atoms with Crippen molar-refractivity contribution in [2.75, 3.05) is 0 Å². The monoisotopic (exact) mass is 391 g/mol. The van der Waals surface area contributed by atoms with Gasteiger partial charge in [-0.1, -0.05) is 0 Å². The first-order valence-corrected chi connectivity index (χ1v) is 7.58. The van der Waals surface area contributed by atoms with Gasteiger partial charge in [-0.25, -0.2) is 9.07 Å². The molecule has 122 valence electrons. The molecule has 0 unspecified atom stereocenters. The van der Waals surface area contributed by atoms with Gasteiger partial charge in [0.25, 0.3) is 11.8 Å². The molecule has 3 N–H and O–H groups in total. The Balaban J connectivity index is 1.63. The SMILES string of the molecule is O=C(NNC(=O)c1cc(Br)c[nH]1)c1ccn(-c2ccc(F)cc2)n1. The average Bonchev–Trinajstić information content (AvgIpc) is 3.22. The number of hydrazine groups is 1. The number of hydrogen-bond acceptors (Lipinski definition) is 3. The highest BCUT2D eigenvalue weighted by molar-refractivity contribution is 9.10. The molecule has 0 fully saturated rings. The third-order valence-electron chi connectivity index (χ3n) is 3.09. The van der Waals surface area contributed by atoms with Crippen molar-refractivity contribution >= 4 is 27.7 Å². The zero-order valence-electron chi connectivity index (χ0n) is 12.1. The van der Waals surface area contributed by atoms with E-state index in [1.54, 1.807) is 18.5 Å². The van der Waals surface area contributed by atoms with Crippen LogP contribution in [0.3, 0.4) is 0 Å². The Morgan fingerprint density at radius 1 is 1.12 bits per heavy atom. The molecule has 9 heteroatoms. The quantitative estimate of drug-likeness (QED) is 0.597. The van der Waals surface area contributed by atoms with Gasteiger partial charge in [0.1, 0.15) is 11.5 Å². The predicted molar refractivity (Wildman–Crippen MR) is 86.9 cm³/mol. The van der Waals surface area contributed by atoms with E-state index < -0.39 is 11.8 Å². The highest BCUT2D eigenvalue weighted by Crippen LogP contribution is 2.10. The largest absolute Gasteiger partial charge is 0.356 e. The summed E-state index contributed by atoms with van der Waals surface area (Å²) in [7, 11) is 0. The Kier molecular flexibility index (Phi) is 4.43. The standard InChI is InChI=1S/C15H11BrFN5O2/c16-9-7-13(18-8-9)15(24)20-19-14(23)12-5-6-22(21-12)11-3-1-10(17)2-4-11/h1-8,18H,(H,19,23)(H,20,24). The van der Waals surface area contributed by atoms with Gasteiger partial charge in [0.05, 0.1) is 5.69 Å². The first kappa shape index (κ1) is 15.9. The second-order valence-electron chi connectivity index (χ2n) is 4.76. The van der Waals surface area contributed by atoms with E-state index in [9.17, 15) is 14.0 Å². The van der Waals surface area contributed by atoms with Gasteiger partial charge in [-0.05, 0) is 52.3 Å². The number of nitrogens with one attached hydrogen (secondary N) is 3. The van der Waals surface area contributed by atoms with Crippen LogP contribution in [0.4, 0.5) is 4.39 Å². The number of H-pyrrole nitrogens is 1. The minimum atomic E-state index is -0.574. The summed E-state index contributed by atoms with van der Waals surface area (Å²) in [5.74, 6) is -1.43. The van der Waals surface area contributed by atoms with E-state index in [2.05, 4.69) is 36.9 Å². The molecule has 7 nitrogen and oxygen atoms in total. The third kappa shape index (κ3) is 3.51. The molecule has 0 saturated heterocycles. The van der Waals surface area contributed by atoms with Crippen LogP contribution in [-0.2, 0) is 0 Å². The summed E-state index contributed by atoms with van der Waals surface area (Å²) in [5.41, 5.74) is 5.55.